The second-order valence-corrected chi connectivity index (χ2v) is 5.41. The molecule has 0 spiro atoms. The number of carboxylic acids is 1. The van der Waals surface area contributed by atoms with Crippen molar-refractivity contribution in [1.29, 1.82) is 0 Å². The molecule has 6 nitrogen and oxygen atoms in total. The zero-order valence-electron chi connectivity index (χ0n) is 12.4. The van der Waals surface area contributed by atoms with E-state index < -0.39 is 5.97 Å². The Labute approximate surface area is 129 Å². The molecule has 0 unspecified atom stereocenters. The van der Waals surface area contributed by atoms with Crippen molar-refractivity contribution >= 4 is 23.5 Å². The lowest BCUT2D eigenvalue weighted by Gasteiger charge is -2.24. The monoisotopic (exact) mass is 304 g/mol. The summed E-state index contributed by atoms with van der Waals surface area (Å²) in [6.07, 6.45) is 4.41. The zero-order chi connectivity index (χ0) is 15.9. The van der Waals surface area contributed by atoms with Crippen LogP contribution in [0.4, 0.5) is 5.69 Å². The van der Waals surface area contributed by atoms with E-state index in [1.165, 1.54) is 12.1 Å². The Balaban J connectivity index is 1.95. The van der Waals surface area contributed by atoms with E-state index in [-0.39, 0.29) is 23.9 Å². The first-order chi connectivity index (χ1) is 10.6. The molecule has 1 aliphatic rings. The normalized spacial score (nSPS) is 15.8. The van der Waals surface area contributed by atoms with E-state index in [0.29, 0.717) is 18.7 Å². The number of nitrogens with one attached hydrogen (secondary N) is 1. The minimum atomic E-state index is -1.05. The average molecular weight is 304 g/mol. The Hall–Kier alpha value is -2.37. The Morgan fingerprint density at radius 2 is 1.95 bits per heavy atom. The van der Waals surface area contributed by atoms with Gasteiger partial charge in [-0.1, -0.05) is 18.9 Å². The van der Waals surface area contributed by atoms with E-state index >= 15 is 0 Å². The fourth-order valence-electron chi connectivity index (χ4n) is 2.49. The Bertz CT molecular complexity index is 571. The van der Waals surface area contributed by atoms with Crippen molar-refractivity contribution in [2.24, 2.45) is 0 Å². The smallest absolute Gasteiger partial charge is 0.335 e. The molecule has 22 heavy (non-hydrogen) atoms. The number of rotatable bonds is 4. The number of hydrogen-bond donors (Lipinski definition) is 2. The van der Waals surface area contributed by atoms with Gasteiger partial charge in [0.1, 0.15) is 0 Å². The Kier molecular flexibility index (Phi) is 5.52. The summed E-state index contributed by atoms with van der Waals surface area (Å²) in [5, 5.41) is 11.6. The third kappa shape index (κ3) is 4.58. The van der Waals surface area contributed by atoms with Gasteiger partial charge in [0.05, 0.1) is 12.1 Å². The summed E-state index contributed by atoms with van der Waals surface area (Å²) in [6.45, 7) is 0.609. The second-order valence-electron chi connectivity index (χ2n) is 5.41. The molecule has 0 bridgehead atoms. The van der Waals surface area contributed by atoms with E-state index in [2.05, 4.69) is 5.32 Å². The standard InChI is InChI=1S/C16H20N2O4/c19-14(11-18-9-4-2-1-3-8-15(18)20)17-13-7-5-6-12(10-13)16(21)22/h5-7,10H,1-4,8-9,11H2,(H,17,19)(H,21,22). The van der Waals surface area contributed by atoms with E-state index in [4.69, 9.17) is 5.11 Å². The predicted molar refractivity (Wildman–Crippen MR) is 81.7 cm³/mol. The highest BCUT2D eigenvalue weighted by Gasteiger charge is 2.18. The summed E-state index contributed by atoms with van der Waals surface area (Å²) in [5.74, 6) is -1.35. The molecule has 2 rings (SSSR count). The van der Waals surface area contributed by atoms with E-state index in [1.54, 1.807) is 17.0 Å². The molecular weight excluding hydrogens is 284 g/mol. The molecule has 118 valence electrons. The van der Waals surface area contributed by atoms with Crippen LogP contribution in [-0.4, -0.2) is 40.9 Å². The third-order valence-electron chi connectivity index (χ3n) is 3.65. The number of anilines is 1. The van der Waals surface area contributed by atoms with Crippen LogP contribution in [0.25, 0.3) is 0 Å². The van der Waals surface area contributed by atoms with Crippen LogP contribution in [0.5, 0.6) is 0 Å². The first-order valence-electron chi connectivity index (χ1n) is 7.47. The minimum absolute atomic E-state index is 0.00846. The molecule has 0 radical (unpaired) electrons. The molecule has 2 amide bonds. The van der Waals surface area contributed by atoms with Gasteiger partial charge in [0.25, 0.3) is 0 Å². The molecule has 1 aromatic rings. The van der Waals surface area contributed by atoms with Crippen LogP contribution in [0, 0.1) is 0 Å². The molecule has 1 aromatic carbocycles. The molecular formula is C16H20N2O4. The number of carboxylic acid groups (broad SMARTS) is 1. The van der Waals surface area contributed by atoms with E-state index in [1.807, 2.05) is 0 Å². The van der Waals surface area contributed by atoms with Crippen LogP contribution in [0.15, 0.2) is 24.3 Å². The fraction of sp³-hybridized carbons (Fsp3) is 0.438. The maximum atomic E-state index is 12.1. The van der Waals surface area contributed by atoms with Crippen molar-refractivity contribution in [3.8, 4) is 0 Å². The fourth-order valence-corrected chi connectivity index (χ4v) is 2.49. The summed E-state index contributed by atoms with van der Waals surface area (Å²) in [4.78, 5) is 36.5. The lowest BCUT2D eigenvalue weighted by atomic mass is 10.1. The highest BCUT2D eigenvalue weighted by molar-refractivity contribution is 5.96. The Morgan fingerprint density at radius 1 is 1.18 bits per heavy atom. The number of likely N-dealkylation sites (tertiary alicyclic amines) is 1. The van der Waals surface area contributed by atoms with Gasteiger partial charge in [0, 0.05) is 18.7 Å². The number of carbonyl (C=O) groups is 3. The summed E-state index contributed by atoms with van der Waals surface area (Å²) >= 11 is 0. The first kappa shape index (κ1) is 16.0. The Morgan fingerprint density at radius 3 is 2.73 bits per heavy atom. The molecule has 0 saturated carbocycles. The second kappa shape index (κ2) is 7.59. The van der Waals surface area contributed by atoms with E-state index in [0.717, 1.165) is 25.7 Å². The zero-order valence-corrected chi connectivity index (χ0v) is 12.4. The number of amides is 2. The van der Waals surface area contributed by atoms with Gasteiger partial charge in [-0.2, -0.15) is 0 Å². The number of benzene rings is 1. The van der Waals surface area contributed by atoms with Crippen LogP contribution < -0.4 is 5.32 Å². The number of carbonyl (C=O) groups excluding carboxylic acids is 2. The van der Waals surface area contributed by atoms with Gasteiger partial charge in [-0.25, -0.2) is 4.79 Å². The van der Waals surface area contributed by atoms with Crippen molar-refractivity contribution in [2.45, 2.75) is 32.1 Å². The number of aromatic carboxylic acids is 1. The maximum Gasteiger partial charge on any atom is 0.335 e. The van der Waals surface area contributed by atoms with Crippen LogP contribution in [0.2, 0.25) is 0 Å². The molecule has 0 aromatic heterocycles. The highest BCUT2D eigenvalue weighted by Crippen LogP contribution is 2.13. The SMILES string of the molecule is O=C(CN1CCCCCCC1=O)Nc1cccc(C(=O)O)c1. The van der Waals surface area contributed by atoms with Crippen LogP contribution >= 0.6 is 0 Å². The van der Waals surface area contributed by atoms with Crippen molar-refractivity contribution in [2.75, 3.05) is 18.4 Å². The first-order valence-corrected chi connectivity index (χ1v) is 7.47. The van der Waals surface area contributed by atoms with Crippen molar-refractivity contribution in [3.05, 3.63) is 29.8 Å². The van der Waals surface area contributed by atoms with Crippen molar-refractivity contribution in [3.63, 3.8) is 0 Å². The molecule has 0 atom stereocenters. The van der Waals surface area contributed by atoms with Crippen molar-refractivity contribution in [1.82, 2.24) is 4.90 Å². The minimum Gasteiger partial charge on any atom is -0.478 e. The molecule has 1 aliphatic heterocycles. The molecule has 1 heterocycles. The molecule has 2 N–H and O–H groups in total. The molecule has 6 heteroatoms. The maximum absolute atomic E-state index is 12.1. The number of hydrogen-bond acceptors (Lipinski definition) is 3. The summed E-state index contributed by atoms with van der Waals surface area (Å²) in [7, 11) is 0. The largest absolute Gasteiger partial charge is 0.478 e. The van der Waals surface area contributed by atoms with Gasteiger partial charge in [-0.3, -0.25) is 9.59 Å². The quantitative estimate of drug-likeness (QED) is 0.892. The van der Waals surface area contributed by atoms with E-state index in [9.17, 15) is 14.4 Å². The van der Waals surface area contributed by atoms with Gasteiger partial charge >= 0.3 is 5.97 Å². The lowest BCUT2D eigenvalue weighted by molar-refractivity contribution is -0.135. The lowest BCUT2D eigenvalue weighted by Crippen LogP contribution is -2.39. The predicted octanol–water partition coefficient (Wildman–Crippen LogP) is 2.12. The third-order valence-corrected chi connectivity index (χ3v) is 3.65. The van der Waals surface area contributed by atoms with Gasteiger partial charge < -0.3 is 15.3 Å². The number of nitrogens with zero attached hydrogens (tertiary/aromatic N) is 1. The van der Waals surface area contributed by atoms with Crippen LogP contribution in [0.1, 0.15) is 42.5 Å². The molecule has 0 aliphatic carbocycles. The summed E-state index contributed by atoms with van der Waals surface area (Å²) in [5.41, 5.74) is 0.532. The summed E-state index contributed by atoms with van der Waals surface area (Å²) < 4.78 is 0. The van der Waals surface area contributed by atoms with Gasteiger partial charge in [-0.15, -0.1) is 0 Å². The van der Waals surface area contributed by atoms with Crippen LogP contribution in [-0.2, 0) is 9.59 Å². The molecule has 1 saturated heterocycles. The topological polar surface area (TPSA) is 86.7 Å². The summed E-state index contributed by atoms with van der Waals surface area (Å²) in [6, 6.07) is 6.05. The van der Waals surface area contributed by atoms with Crippen molar-refractivity contribution < 1.29 is 19.5 Å². The average Bonchev–Trinajstić information content (AvgIpc) is 2.47. The molecule has 1 fully saturated rings. The van der Waals surface area contributed by atoms with Gasteiger partial charge in [0.15, 0.2) is 0 Å². The van der Waals surface area contributed by atoms with Gasteiger partial charge in [-0.05, 0) is 31.0 Å². The van der Waals surface area contributed by atoms with Crippen LogP contribution in [0.3, 0.4) is 0 Å². The highest BCUT2D eigenvalue weighted by atomic mass is 16.4. The van der Waals surface area contributed by atoms with Gasteiger partial charge in [0.2, 0.25) is 11.8 Å².